The minimum Gasteiger partial charge on any atom is -0.294 e. The number of ketones is 1. The van der Waals surface area contributed by atoms with Gasteiger partial charge in [0.2, 0.25) is 5.82 Å². The SMILES string of the molecule is CCCC(=O)c1ccc2c(c1)nc(C#N)n2S(=O)(=O)N(CC)CC. The summed E-state index contributed by atoms with van der Waals surface area (Å²) in [5.41, 5.74) is 1.09. The second-order valence-corrected chi connectivity index (χ2v) is 7.06. The van der Waals surface area contributed by atoms with Gasteiger partial charge < -0.3 is 0 Å². The fourth-order valence-corrected chi connectivity index (χ4v) is 4.16. The average Bonchev–Trinajstić information content (AvgIpc) is 2.94. The van der Waals surface area contributed by atoms with E-state index in [2.05, 4.69) is 4.98 Å². The summed E-state index contributed by atoms with van der Waals surface area (Å²) in [5, 5.41) is 9.29. The Bertz CT molecular complexity index is 905. The van der Waals surface area contributed by atoms with Crippen LogP contribution >= 0.6 is 0 Å². The molecule has 8 heteroatoms. The van der Waals surface area contributed by atoms with Gasteiger partial charge in [-0.15, -0.1) is 0 Å². The number of fused-ring (bicyclic) bond motifs is 1. The summed E-state index contributed by atoms with van der Waals surface area (Å²) in [6, 6.07) is 6.49. The number of nitrogens with zero attached hydrogens (tertiary/aromatic N) is 4. The molecule has 2 rings (SSSR count). The summed E-state index contributed by atoms with van der Waals surface area (Å²) in [5.74, 6) is -0.240. The Labute approximate surface area is 141 Å². The van der Waals surface area contributed by atoms with Gasteiger partial charge >= 0.3 is 10.2 Å². The molecule has 0 amide bonds. The lowest BCUT2D eigenvalue weighted by molar-refractivity contribution is 0.0982. The maximum Gasteiger partial charge on any atom is 0.310 e. The number of hydrogen-bond acceptors (Lipinski definition) is 5. The van der Waals surface area contributed by atoms with Crippen LogP contribution in [0.2, 0.25) is 0 Å². The molecular weight excluding hydrogens is 328 g/mol. The molecule has 24 heavy (non-hydrogen) atoms. The van der Waals surface area contributed by atoms with E-state index in [4.69, 9.17) is 0 Å². The first-order valence-electron chi connectivity index (χ1n) is 7.87. The predicted octanol–water partition coefficient (Wildman–Crippen LogP) is 2.33. The summed E-state index contributed by atoms with van der Waals surface area (Å²) < 4.78 is 27.8. The van der Waals surface area contributed by atoms with Crippen molar-refractivity contribution in [2.75, 3.05) is 13.1 Å². The molecule has 0 unspecified atom stereocenters. The third-order valence-corrected chi connectivity index (χ3v) is 5.77. The summed E-state index contributed by atoms with van der Waals surface area (Å²) in [7, 11) is -3.89. The van der Waals surface area contributed by atoms with Crippen molar-refractivity contribution in [3.8, 4) is 6.07 Å². The van der Waals surface area contributed by atoms with Gasteiger partial charge in [-0.1, -0.05) is 20.8 Å². The van der Waals surface area contributed by atoms with Gasteiger partial charge in [-0.2, -0.15) is 22.0 Å². The average molecular weight is 348 g/mol. The largest absolute Gasteiger partial charge is 0.310 e. The molecule has 2 aromatic rings. The third-order valence-electron chi connectivity index (χ3n) is 3.77. The summed E-state index contributed by atoms with van der Waals surface area (Å²) >= 11 is 0. The van der Waals surface area contributed by atoms with E-state index in [0.29, 0.717) is 23.0 Å². The molecule has 0 aliphatic rings. The number of Topliss-reactive ketones (excluding diaryl/α,β-unsaturated/α-hetero) is 1. The lowest BCUT2D eigenvalue weighted by Gasteiger charge is -2.19. The molecule has 0 aliphatic heterocycles. The van der Waals surface area contributed by atoms with Crippen molar-refractivity contribution in [1.82, 2.24) is 13.3 Å². The molecule has 1 aromatic carbocycles. The summed E-state index contributed by atoms with van der Waals surface area (Å²) in [6.07, 6.45) is 1.14. The maximum absolute atomic E-state index is 12.8. The van der Waals surface area contributed by atoms with Crippen molar-refractivity contribution >= 4 is 27.0 Å². The number of carbonyl (C=O) groups excluding carboxylic acids is 1. The summed E-state index contributed by atoms with van der Waals surface area (Å²) in [4.78, 5) is 16.1. The zero-order chi connectivity index (χ0) is 17.9. The highest BCUT2D eigenvalue weighted by molar-refractivity contribution is 7.87. The van der Waals surface area contributed by atoms with Gasteiger partial charge in [0.05, 0.1) is 11.0 Å². The van der Waals surface area contributed by atoms with Crippen molar-refractivity contribution in [2.45, 2.75) is 33.6 Å². The minimum atomic E-state index is -3.89. The molecule has 0 saturated heterocycles. The smallest absolute Gasteiger partial charge is 0.294 e. The molecule has 1 aromatic heterocycles. The number of hydrogen-bond donors (Lipinski definition) is 0. The van der Waals surface area contributed by atoms with Crippen LogP contribution in [0.3, 0.4) is 0 Å². The first kappa shape index (κ1) is 18.1. The molecule has 0 atom stereocenters. The van der Waals surface area contributed by atoms with Crippen LogP contribution < -0.4 is 0 Å². The molecule has 1 heterocycles. The zero-order valence-corrected chi connectivity index (χ0v) is 14.8. The normalized spacial score (nSPS) is 11.8. The fourth-order valence-electron chi connectivity index (χ4n) is 2.57. The maximum atomic E-state index is 12.8. The Morgan fingerprint density at radius 1 is 1.29 bits per heavy atom. The second-order valence-electron chi connectivity index (χ2n) is 5.28. The minimum absolute atomic E-state index is 0.0287. The van der Waals surface area contributed by atoms with Crippen LogP contribution in [0.15, 0.2) is 18.2 Å². The van der Waals surface area contributed by atoms with Gasteiger partial charge in [-0.25, -0.2) is 4.98 Å². The van der Waals surface area contributed by atoms with Crippen molar-refractivity contribution < 1.29 is 13.2 Å². The van der Waals surface area contributed by atoms with Crippen molar-refractivity contribution in [3.05, 3.63) is 29.6 Å². The monoisotopic (exact) mass is 348 g/mol. The van der Waals surface area contributed by atoms with Crippen LogP contribution in [-0.4, -0.2) is 40.6 Å². The molecule has 0 aliphatic carbocycles. The lowest BCUT2D eigenvalue weighted by Crippen LogP contribution is -2.35. The highest BCUT2D eigenvalue weighted by Gasteiger charge is 2.27. The van der Waals surface area contributed by atoms with Gasteiger partial charge in [-0.05, 0) is 24.6 Å². The lowest BCUT2D eigenvalue weighted by atomic mass is 10.1. The number of rotatable bonds is 7. The second kappa shape index (κ2) is 7.11. The van der Waals surface area contributed by atoms with Crippen LogP contribution in [0.5, 0.6) is 0 Å². The standard InChI is InChI=1S/C16H20N4O3S/c1-4-7-15(21)12-8-9-14-13(10-12)18-16(11-17)20(14)24(22,23)19(5-2)6-3/h8-10H,4-7H2,1-3H3. The molecule has 128 valence electrons. The van der Waals surface area contributed by atoms with E-state index >= 15 is 0 Å². The van der Waals surface area contributed by atoms with Crippen LogP contribution in [0.25, 0.3) is 11.0 Å². The van der Waals surface area contributed by atoms with E-state index in [1.165, 1.54) is 10.4 Å². The molecule has 0 spiro atoms. The molecule has 0 bridgehead atoms. The predicted molar refractivity (Wildman–Crippen MR) is 90.9 cm³/mol. The van der Waals surface area contributed by atoms with Gasteiger partial charge in [-0.3, -0.25) is 4.79 Å². The topological polar surface area (TPSA) is 96.1 Å². The van der Waals surface area contributed by atoms with Crippen LogP contribution in [0, 0.1) is 11.3 Å². The highest BCUT2D eigenvalue weighted by atomic mass is 32.2. The molecule has 7 nitrogen and oxygen atoms in total. The molecular formula is C16H20N4O3S. The van der Waals surface area contributed by atoms with Crippen molar-refractivity contribution in [2.24, 2.45) is 0 Å². The molecule has 0 fully saturated rings. The summed E-state index contributed by atoms with van der Waals surface area (Å²) in [6.45, 7) is 5.95. The van der Waals surface area contributed by atoms with Crippen molar-refractivity contribution in [1.29, 1.82) is 5.26 Å². The Hall–Kier alpha value is -2.24. The van der Waals surface area contributed by atoms with E-state index in [0.717, 1.165) is 10.4 Å². The van der Waals surface area contributed by atoms with Gasteiger partial charge in [0, 0.05) is 25.1 Å². The quantitative estimate of drug-likeness (QED) is 0.716. The van der Waals surface area contributed by atoms with E-state index in [1.807, 2.05) is 13.0 Å². The number of benzene rings is 1. The van der Waals surface area contributed by atoms with Crippen LogP contribution in [0.1, 0.15) is 49.8 Å². The van der Waals surface area contributed by atoms with Crippen LogP contribution in [-0.2, 0) is 10.2 Å². The molecule has 0 N–H and O–H groups in total. The number of aromatic nitrogens is 2. The Morgan fingerprint density at radius 3 is 2.50 bits per heavy atom. The first-order chi connectivity index (χ1) is 11.4. The Morgan fingerprint density at radius 2 is 1.96 bits per heavy atom. The van der Waals surface area contributed by atoms with Crippen molar-refractivity contribution in [3.63, 3.8) is 0 Å². The Kier molecular flexibility index (Phi) is 5.36. The van der Waals surface area contributed by atoms with E-state index < -0.39 is 10.2 Å². The Balaban J connectivity index is 2.68. The first-order valence-corrected chi connectivity index (χ1v) is 9.26. The van der Waals surface area contributed by atoms with E-state index in [1.54, 1.807) is 26.0 Å². The fraction of sp³-hybridized carbons (Fsp3) is 0.438. The van der Waals surface area contributed by atoms with E-state index in [-0.39, 0.29) is 24.7 Å². The zero-order valence-electron chi connectivity index (χ0n) is 14.0. The van der Waals surface area contributed by atoms with Gasteiger partial charge in [0.15, 0.2) is 5.78 Å². The van der Waals surface area contributed by atoms with Gasteiger partial charge in [0.25, 0.3) is 0 Å². The highest BCUT2D eigenvalue weighted by Crippen LogP contribution is 2.22. The number of carbonyl (C=O) groups is 1. The molecule has 0 radical (unpaired) electrons. The van der Waals surface area contributed by atoms with Crippen LogP contribution in [0.4, 0.5) is 0 Å². The molecule has 0 saturated carbocycles. The van der Waals surface area contributed by atoms with E-state index in [9.17, 15) is 18.5 Å². The van der Waals surface area contributed by atoms with Gasteiger partial charge in [0.1, 0.15) is 6.07 Å². The number of nitriles is 1. The number of imidazole rings is 1. The third kappa shape index (κ3) is 3.05.